The molecule has 2 fully saturated rings. The van der Waals surface area contributed by atoms with Crippen molar-refractivity contribution in [1.29, 1.82) is 0 Å². The van der Waals surface area contributed by atoms with Crippen LogP contribution in [-0.4, -0.2) is 77.8 Å². The van der Waals surface area contributed by atoms with E-state index in [9.17, 15) is 0 Å². The lowest BCUT2D eigenvalue weighted by Gasteiger charge is -2.46. The minimum Gasteiger partial charge on any atom is -0.301 e. The average molecular weight is 299 g/mol. The molecule has 21 heavy (non-hydrogen) atoms. The normalized spacial score (nSPS) is 29.4. The molecule has 0 saturated carbocycles. The molecule has 0 unspecified atom stereocenters. The van der Waals surface area contributed by atoms with E-state index < -0.39 is 5.67 Å². The predicted octanol–water partition coefficient (Wildman–Crippen LogP) is 2.61. The van der Waals surface area contributed by atoms with Gasteiger partial charge in [0.15, 0.2) is 0 Å². The van der Waals surface area contributed by atoms with Gasteiger partial charge in [0.1, 0.15) is 5.67 Å². The van der Waals surface area contributed by atoms with E-state index in [1.807, 2.05) is 0 Å². The van der Waals surface area contributed by atoms with Crippen LogP contribution in [0, 0.1) is 0 Å². The molecule has 2 aliphatic rings. The first-order valence-corrected chi connectivity index (χ1v) is 8.72. The quantitative estimate of drug-likeness (QED) is 0.790. The van der Waals surface area contributed by atoms with Crippen LogP contribution in [0.4, 0.5) is 4.39 Å². The molecule has 0 aromatic heterocycles. The van der Waals surface area contributed by atoms with Crippen molar-refractivity contribution in [2.45, 2.75) is 71.3 Å². The molecule has 0 amide bonds. The molecule has 0 N–H and O–H groups in total. The van der Waals surface area contributed by atoms with Gasteiger partial charge in [0.25, 0.3) is 0 Å². The Labute approximate surface area is 130 Å². The highest BCUT2D eigenvalue weighted by atomic mass is 19.1. The van der Waals surface area contributed by atoms with Crippen molar-refractivity contribution < 1.29 is 4.39 Å². The van der Waals surface area contributed by atoms with Crippen LogP contribution >= 0.6 is 0 Å². The molecule has 1 atom stereocenters. The Bertz CT molecular complexity index is 324. The topological polar surface area (TPSA) is 9.72 Å². The molecule has 2 aliphatic heterocycles. The Morgan fingerprint density at radius 1 is 0.952 bits per heavy atom. The Kier molecular flexibility index (Phi) is 5.66. The van der Waals surface area contributed by atoms with Gasteiger partial charge >= 0.3 is 0 Å². The van der Waals surface area contributed by atoms with Crippen molar-refractivity contribution in [2.24, 2.45) is 0 Å². The first-order chi connectivity index (χ1) is 9.81. The smallest absolute Gasteiger partial charge is 0.126 e. The molecule has 0 spiro atoms. The zero-order valence-corrected chi connectivity index (χ0v) is 14.6. The number of halogens is 1. The molecule has 2 saturated heterocycles. The van der Waals surface area contributed by atoms with Gasteiger partial charge in [0.2, 0.25) is 0 Å². The molecular weight excluding hydrogens is 265 g/mol. The minimum absolute atomic E-state index is 0.469. The summed E-state index contributed by atoms with van der Waals surface area (Å²) in [4.78, 5) is 7.29. The highest BCUT2D eigenvalue weighted by molar-refractivity contribution is 4.93. The summed E-state index contributed by atoms with van der Waals surface area (Å²) < 4.78 is 15.1. The standard InChI is InChI=1S/C17H34FN3/c1-14(2)19-8-6-17(18,7-9-19)13-21-11-10-20(15(3)4)12-16(21)5/h14-16H,6-13H2,1-5H3/t16-/m0/s1. The fourth-order valence-corrected chi connectivity index (χ4v) is 3.69. The van der Waals surface area contributed by atoms with Crippen molar-refractivity contribution in [3.05, 3.63) is 0 Å². The van der Waals surface area contributed by atoms with Gasteiger partial charge in [-0.2, -0.15) is 0 Å². The fraction of sp³-hybridized carbons (Fsp3) is 1.00. The van der Waals surface area contributed by atoms with Gasteiger partial charge in [-0.15, -0.1) is 0 Å². The summed E-state index contributed by atoms with van der Waals surface area (Å²) in [6, 6.07) is 1.61. The Morgan fingerprint density at radius 2 is 1.52 bits per heavy atom. The maximum Gasteiger partial charge on any atom is 0.126 e. The number of hydrogen-bond acceptors (Lipinski definition) is 3. The molecule has 0 bridgehead atoms. The van der Waals surface area contributed by atoms with Crippen molar-refractivity contribution in [3.8, 4) is 0 Å². The average Bonchev–Trinajstić information content (AvgIpc) is 2.41. The van der Waals surface area contributed by atoms with Gasteiger partial charge in [-0.25, -0.2) is 4.39 Å². The summed E-state index contributed by atoms with van der Waals surface area (Å²) in [5.74, 6) is 0. The first kappa shape index (κ1) is 17.2. The molecule has 0 aromatic carbocycles. The Hall–Kier alpha value is -0.190. The molecule has 2 heterocycles. The number of piperazine rings is 1. The summed E-state index contributed by atoms with van der Waals surface area (Å²) in [6.07, 6.45) is 1.39. The molecule has 0 radical (unpaired) electrons. The van der Waals surface area contributed by atoms with Gasteiger partial charge in [-0.05, 0) is 47.5 Å². The minimum atomic E-state index is -0.973. The zero-order chi connectivity index (χ0) is 15.6. The van der Waals surface area contributed by atoms with Gasteiger partial charge in [0.05, 0.1) is 0 Å². The van der Waals surface area contributed by atoms with Crippen LogP contribution in [0.15, 0.2) is 0 Å². The largest absolute Gasteiger partial charge is 0.301 e. The number of likely N-dealkylation sites (tertiary alicyclic amines) is 1. The maximum atomic E-state index is 15.1. The second kappa shape index (κ2) is 6.93. The number of rotatable bonds is 4. The number of piperidine rings is 1. The third-order valence-corrected chi connectivity index (χ3v) is 5.44. The van der Waals surface area contributed by atoms with Crippen LogP contribution in [0.1, 0.15) is 47.5 Å². The predicted molar refractivity (Wildman–Crippen MR) is 87.5 cm³/mol. The van der Waals surface area contributed by atoms with Crippen LogP contribution in [0.3, 0.4) is 0 Å². The van der Waals surface area contributed by atoms with E-state index in [0.717, 1.165) is 32.7 Å². The lowest BCUT2D eigenvalue weighted by Crippen LogP contribution is -2.58. The molecule has 0 aliphatic carbocycles. The van der Waals surface area contributed by atoms with Crippen molar-refractivity contribution in [2.75, 3.05) is 39.3 Å². The third kappa shape index (κ3) is 4.40. The van der Waals surface area contributed by atoms with E-state index in [1.54, 1.807) is 0 Å². The lowest BCUT2D eigenvalue weighted by molar-refractivity contribution is -0.0177. The van der Waals surface area contributed by atoms with Crippen molar-refractivity contribution >= 4 is 0 Å². The molecular formula is C17H34FN3. The van der Waals surface area contributed by atoms with E-state index in [4.69, 9.17) is 0 Å². The van der Waals surface area contributed by atoms with E-state index in [1.165, 1.54) is 0 Å². The van der Waals surface area contributed by atoms with Gasteiger partial charge in [-0.3, -0.25) is 9.80 Å². The van der Waals surface area contributed by atoms with Gasteiger partial charge in [-0.1, -0.05) is 0 Å². The SMILES string of the molecule is CC(C)N1CCC(F)(CN2CCN(C(C)C)C[C@@H]2C)CC1. The van der Waals surface area contributed by atoms with Crippen molar-refractivity contribution in [1.82, 2.24) is 14.7 Å². The van der Waals surface area contributed by atoms with Crippen LogP contribution in [0.5, 0.6) is 0 Å². The van der Waals surface area contributed by atoms with Crippen molar-refractivity contribution in [3.63, 3.8) is 0 Å². The van der Waals surface area contributed by atoms with E-state index in [2.05, 4.69) is 49.3 Å². The number of alkyl halides is 1. The van der Waals surface area contributed by atoms with Crippen LogP contribution < -0.4 is 0 Å². The summed E-state index contributed by atoms with van der Waals surface area (Å²) in [5, 5.41) is 0. The van der Waals surface area contributed by atoms with E-state index >= 15 is 4.39 Å². The second-order valence-corrected chi connectivity index (χ2v) is 7.69. The van der Waals surface area contributed by atoms with E-state index in [-0.39, 0.29) is 0 Å². The maximum absolute atomic E-state index is 15.1. The first-order valence-electron chi connectivity index (χ1n) is 8.72. The summed E-state index contributed by atoms with van der Waals surface area (Å²) in [6.45, 7) is 16.8. The Balaban J connectivity index is 1.85. The molecule has 0 aromatic rings. The monoisotopic (exact) mass is 299 g/mol. The highest BCUT2D eigenvalue weighted by Gasteiger charge is 2.38. The highest BCUT2D eigenvalue weighted by Crippen LogP contribution is 2.30. The van der Waals surface area contributed by atoms with E-state index in [0.29, 0.717) is 37.5 Å². The van der Waals surface area contributed by atoms with Crippen LogP contribution in [0.2, 0.25) is 0 Å². The zero-order valence-electron chi connectivity index (χ0n) is 14.6. The summed E-state index contributed by atoms with van der Waals surface area (Å²) in [5.41, 5.74) is -0.973. The Morgan fingerprint density at radius 3 is 2.00 bits per heavy atom. The number of hydrogen-bond donors (Lipinski definition) is 0. The molecule has 4 heteroatoms. The second-order valence-electron chi connectivity index (χ2n) is 7.69. The third-order valence-electron chi connectivity index (χ3n) is 5.44. The van der Waals surface area contributed by atoms with Crippen LogP contribution in [0.25, 0.3) is 0 Å². The summed E-state index contributed by atoms with van der Waals surface area (Å²) in [7, 11) is 0. The number of nitrogens with zero attached hydrogens (tertiary/aromatic N) is 3. The van der Waals surface area contributed by atoms with Crippen LogP contribution in [-0.2, 0) is 0 Å². The van der Waals surface area contributed by atoms with Gasteiger partial charge < -0.3 is 4.90 Å². The molecule has 3 nitrogen and oxygen atoms in total. The van der Waals surface area contributed by atoms with Gasteiger partial charge in [0, 0.05) is 57.4 Å². The molecule has 124 valence electrons. The fourth-order valence-electron chi connectivity index (χ4n) is 3.69. The summed E-state index contributed by atoms with van der Waals surface area (Å²) >= 11 is 0. The lowest BCUT2D eigenvalue weighted by atomic mass is 9.91. The molecule has 2 rings (SSSR count).